The van der Waals surface area contributed by atoms with Crippen molar-refractivity contribution in [2.45, 2.75) is 13.1 Å². The summed E-state index contributed by atoms with van der Waals surface area (Å²) in [5, 5.41) is 3.36. The number of ether oxygens (including phenoxy) is 3. The van der Waals surface area contributed by atoms with E-state index in [1.165, 1.54) is 7.11 Å². The molecule has 1 unspecified atom stereocenters. The predicted molar refractivity (Wildman–Crippen MR) is 112 cm³/mol. The summed E-state index contributed by atoms with van der Waals surface area (Å²) in [4.78, 5) is 27.2. The zero-order valence-corrected chi connectivity index (χ0v) is 17.0. The number of aryl methyl sites for hydroxylation is 1. The quantitative estimate of drug-likeness (QED) is 0.643. The second-order valence-electron chi connectivity index (χ2n) is 7.21. The number of rotatable bonds is 3. The highest BCUT2D eigenvalue weighted by Gasteiger charge is 2.37. The molecule has 0 bridgehead atoms. The Morgan fingerprint density at radius 1 is 1.10 bits per heavy atom. The molecule has 1 N–H and O–H groups in total. The summed E-state index contributed by atoms with van der Waals surface area (Å²) < 4.78 is 22.0. The highest BCUT2D eigenvalue weighted by atomic mass is 16.6. The maximum atomic E-state index is 13.5. The number of hydrogen-bond donors (Lipinski definition) is 1. The minimum Gasteiger partial charge on any atom is -0.486 e. The maximum absolute atomic E-state index is 13.5. The molecule has 3 heterocycles. The number of nitrogens with zero attached hydrogens (tertiary/aromatic N) is 1. The minimum absolute atomic E-state index is 0.204. The van der Waals surface area contributed by atoms with Gasteiger partial charge in [0.05, 0.1) is 18.4 Å². The monoisotopic (exact) mass is 420 g/mol. The lowest BCUT2D eigenvalue weighted by atomic mass is 10.0. The summed E-state index contributed by atoms with van der Waals surface area (Å²) >= 11 is 0. The second kappa shape index (κ2) is 7.39. The van der Waals surface area contributed by atoms with Crippen LogP contribution >= 0.6 is 0 Å². The van der Waals surface area contributed by atoms with E-state index in [9.17, 15) is 9.59 Å². The number of benzene rings is 2. The van der Waals surface area contributed by atoms with Gasteiger partial charge in [-0.25, -0.2) is 4.79 Å². The van der Waals surface area contributed by atoms with Crippen molar-refractivity contribution in [3.8, 4) is 11.5 Å². The summed E-state index contributed by atoms with van der Waals surface area (Å²) in [6, 6.07) is 14.2. The van der Waals surface area contributed by atoms with Crippen molar-refractivity contribution >= 4 is 23.3 Å². The summed E-state index contributed by atoms with van der Waals surface area (Å²) in [7, 11) is 1.31. The largest absolute Gasteiger partial charge is 0.486 e. The van der Waals surface area contributed by atoms with Gasteiger partial charge in [0.2, 0.25) is 0 Å². The summed E-state index contributed by atoms with van der Waals surface area (Å²) in [5.41, 5.74) is 2.13. The minimum atomic E-state index is -0.679. The third-order valence-electron chi connectivity index (χ3n) is 5.34. The van der Waals surface area contributed by atoms with Gasteiger partial charge in [0, 0.05) is 11.8 Å². The molecule has 2 aliphatic rings. The maximum Gasteiger partial charge on any atom is 0.341 e. The first-order valence-corrected chi connectivity index (χ1v) is 9.84. The van der Waals surface area contributed by atoms with Crippen molar-refractivity contribution in [2.24, 2.45) is 0 Å². The Labute approximate surface area is 178 Å². The molecule has 0 saturated carbocycles. The van der Waals surface area contributed by atoms with Crippen molar-refractivity contribution < 1.29 is 28.2 Å². The van der Waals surface area contributed by atoms with E-state index >= 15 is 0 Å². The van der Waals surface area contributed by atoms with Crippen LogP contribution in [0.3, 0.4) is 0 Å². The Morgan fingerprint density at radius 2 is 1.87 bits per heavy atom. The summed E-state index contributed by atoms with van der Waals surface area (Å²) in [6.07, 6.45) is -0.679. The van der Waals surface area contributed by atoms with Gasteiger partial charge in [-0.2, -0.15) is 0 Å². The lowest BCUT2D eigenvalue weighted by molar-refractivity contribution is 0.0598. The molecule has 0 spiro atoms. The second-order valence-corrected chi connectivity index (χ2v) is 7.21. The van der Waals surface area contributed by atoms with Crippen LogP contribution in [0.4, 0.5) is 11.4 Å². The zero-order valence-electron chi connectivity index (χ0n) is 17.0. The number of esters is 1. The molecule has 3 aromatic rings. The van der Waals surface area contributed by atoms with Gasteiger partial charge in [-0.15, -0.1) is 0 Å². The Bertz CT molecular complexity index is 1180. The van der Waals surface area contributed by atoms with Gasteiger partial charge in [0.25, 0.3) is 5.91 Å². The molecule has 1 atom stereocenters. The van der Waals surface area contributed by atoms with Gasteiger partial charge in [0.15, 0.2) is 17.7 Å². The number of anilines is 2. The molecule has 8 nitrogen and oxygen atoms in total. The SMILES string of the molecule is COC(=O)c1cc(C2Nc3ccccc3C(=O)N2c2ccc3c(c2)OCCO3)oc1C. The van der Waals surface area contributed by atoms with Gasteiger partial charge in [-0.3, -0.25) is 9.69 Å². The third-order valence-corrected chi connectivity index (χ3v) is 5.34. The molecule has 8 heteroatoms. The van der Waals surface area contributed by atoms with Crippen LogP contribution in [-0.2, 0) is 4.74 Å². The number of carbonyl (C=O) groups is 2. The van der Waals surface area contributed by atoms with Crippen LogP contribution in [0.15, 0.2) is 52.9 Å². The van der Waals surface area contributed by atoms with E-state index in [1.54, 1.807) is 42.2 Å². The third kappa shape index (κ3) is 3.16. The van der Waals surface area contributed by atoms with E-state index in [-0.39, 0.29) is 5.91 Å². The molecule has 0 aliphatic carbocycles. The molecule has 2 aliphatic heterocycles. The highest BCUT2D eigenvalue weighted by Crippen LogP contribution is 2.41. The zero-order chi connectivity index (χ0) is 21.5. The van der Waals surface area contributed by atoms with Gasteiger partial charge in [-0.1, -0.05) is 12.1 Å². The van der Waals surface area contributed by atoms with Crippen LogP contribution in [0.1, 0.15) is 38.4 Å². The lowest BCUT2D eigenvalue weighted by Crippen LogP contribution is -2.43. The molecule has 0 radical (unpaired) electrons. The van der Waals surface area contributed by atoms with E-state index in [1.807, 2.05) is 18.2 Å². The van der Waals surface area contributed by atoms with E-state index < -0.39 is 12.1 Å². The van der Waals surface area contributed by atoms with Crippen molar-refractivity contribution in [1.29, 1.82) is 0 Å². The smallest absolute Gasteiger partial charge is 0.341 e. The van der Waals surface area contributed by atoms with Crippen LogP contribution < -0.4 is 19.7 Å². The fourth-order valence-corrected chi connectivity index (χ4v) is 3.85. The molecule has 158 valence electrons. The first-order chi connectivity index (χ1) is 15.1. The van der Waals surface area contributed by atoms with Crippen LogP contribution in [0.5, 0.6) is 11.5 Å². The van der Waals surface area contributed by atoms with E-state index in [4.69, 9.17) is 18.6 Å². The number of para-hydroxylation sites is 1. The lowest BCUT2D eigenvalue weighted by Gasteiger charge is -2.37. The number of carbonyl (C=O) groups excluding carboxylic acids is 2. The summed E-state index contributed by atoms with van der Waals surface area (Å²) in [5.74, 6) is 1.32. The topological polar surface area (TPSA) is 90.2 Å². The average molecular weight is 420 g/mol. The van der Waals surface area contributed by atoms with Gasteiger partial charge in [-0.05, 0) is 37.3 Å². The van der Waals surface area contributed by atoms with E-state index in [0.717, 1.165) is 0 Å². The Morgan fingerprint density at radius 3 is 2.68 bits per heavy atom. The van der Waals surface area contributed by atoms with Crippen molar-refractivity contribution in [3.05, 3.63) is 71.2 Å². The number of hydrogen-bond acceptors (Lipinski definition) is 7. The standard InChI is InChI=1S/C23H20N2O6/c1-13-16(23(27)28-2)12-20(31-13)21-24-17-6-4-3-5-15(17)22(26)25(21)14-7-8-18-19(11-14)30-10-9-29-18/h3-8,11-12,21,24H,9-10H2,1-2H3. The highest BCUT2D eigenvalue weighted by molar-refractivity contribution is 6.12. The van der Waals surface area contributed by atoms with Crippen molar-refractivity contribution in [2.75, 3.05) is 30.5 Å². The number of methoxy groups -OCH3 is 1. The molecular formula is C23H20N2O6. The fourth-order valence-electron chi connectivity index (χ4n) is 3.85. The molecule has 2 aromatic carbocycles. The molecule has 0 saturated heterocycles. The van der Waals surface area contributed by atoms with Crippen LogP contribution in [0.25, 0.3) is 0 Å². The number of furan rings is 1. The van der Waals surface area contributed by atoms with E-state index in [2.05, 4.69) is 5.32 Å². The number of nitrogens with one attached hydrogen (secondary N) is 1. The number of fused-ring (bicyclic) bond motifs is 2. The van der Waals surface area contributed by atoms with Crippen LogP contribution in [0, 0.1) is 6.92 Å². The van der Waals surface area contributed by atoms with Gasteiger partial charge >= 0.3 is 5.97 Å². The molecule has 0 fully saturated rings. The van der Waals surface area contributed by atoms with Crippen molar-refractivity contribution in [3.63, 3.8) is 0 Å². The molecule has 1 aromatic heterocycles. The Kier molecular flexibility index (Phi) is 4.54. The van der Waals surface area contributed by atoms with E-state index in [0.29, 0.717) is 58.7 Å². The number of amides is 1. The fraction of sp³-hybridized carbons (Fsp3) is 0.217. The van der Waals surface area contributed by atoms with Gasteiger partial charge < -0.3 is 23.9 Å². The first kappa shape index (κ1) is 19.0. The molecule has 1 amide bonds. The van der Waals surface area contributed by atoms with Crippen molar-refractivity contribution in [1.82, 2.24) is 0 Å². The first-order valence-electron chi connectivity index (χ1n) is 9.84. The van der Waals surface area contributed by atoms with Crippen LogP contribution in [-0.4, -0.2) is 32.2 Å². The van der Waals surface area contributed by atoms with Gasteiger partial charge in [0.1, 0.15) is 30.3 Å². The normalized spacial score (nSPS) is 17.0. The Hall–Kier alpha value is -3.94. The molecule has 5 rings (SSSR count). The van der Waals surface area contributed by atoms with Crippen LogP contribution in [0.2, 0.25) is 0 Å². The predicted octanol–water partition coefficient (Wildman–Crippen LogP) is 3.92. The Balaban J connectivity index is 1.63. The molecule has 31 heavy (non-hydrogen) atoms. The molecular weight excluding hydrogens is 400 g/mol. The average Bonchev–Trinajstić information content (AvgIpc) is 3.19. The summed E-state index contributed by atoms with van der Waals surface area (Å²) in [6.45, 7) is 2.60.